The Labute approximate surface area is 147 Å². The summed E-state index contributed by atoms with van der Waals surface area (Å²) in [6.07, 6.45) is 5.15. The van der Waals surface area contributed by atoms with Crippen molar-refractivity contribution in [3.05, 3.63) is 54.1 Å². The standard InChI is InChI=1S/C20H23FN2O2/c1-2-25-20(24)16-7-9-23(10-8-16)14-15-11-17(13-22-12-15)18-5-3-4-6-19(18)21/h3-6,11-13,16H,2,7-10,14H2,1H3. The molecule has 1 aliphatic rings. The van der Waals surface area contributed by atoms with Crippen LogP contribution >= 0.6 is 0 Å². The molecule has 0 atom stereocenters. The fraction of sp³-hybridized carbons (Fsp3) is 0.400. The number of aromatic nitrogens is 1. The van der Waals surface area contributed by atoms with Crippen LogP contribution in [0.5, 0.6) is 0 Å². The molecule has 0 saturated carbocycles. The number of benzene rings is 1. The van der Waals surface area contributed by atoms with Crippen molar-refractivity contribution in [1.82, 2.24) is 9.88 Å². The van der Waals surface area contributed by atoms with E-state index in [4.69, 9.17) is 4.74 Å². The van der Waals surface area contributed by atoms with Crippen LogP contribution in [0.2, 0.25) is 0 Å². The Balaban J connectivity index is 1.62. The number of rotatable bonds is 5. The van der Waals surface area contributed by atoms with E-state index in [2.05, 4.69) is 9.88 Å². The second-order valence-corrected chi connectivity index (χ2v) is 6.36. The molecule has 3 rings (SSSR count). The summed E-state index contributed by atoms with van der Waals surface area (Å²) in [7, 11) is 0. The predicted octanol–water partition coefficient (Wildman–Crippen LogP) is 3.66. The minimum Gasteiger partial charge on any atom is -0.466 e. The molecule has 0 bridgehead atoms. The molecule has 1 aromatic heterocycles. The van der Waals surface area contributed by atoms with Crippen molar-refractivity contribution in [3.63, 3.8) is 0 Å². The summed E-state index contributed by atoms with van der Waals surface area (Å²) in [4.78, 5) is 18.4. The van der Waals surface area contributed by atoms with Gasteiger partial charge in [0.15, 0.2) is 0 Å². The number of halogens is 1. The molecular formula is C20H23FN2O2. The van der Waals surface area contributed by atoms with Crippen molar-refractivity contribution in [2.75, 3.05) is 19.7 Å². The molecule has 0 amide bonds. The van der Waals surface area contributed by atoms with E-state index in [1.165, 1.54) is 6.07 Å². The molecule has 0 spiro atoms. The molecule has 1 aromatic carbocycles. The van der Waals surface area contributed by atoms with Gasteiger partial charge in [0.05, 0.1) is 12.5 Å². The smallest absolute Gasteiger partial charge is 0.309 e. The van der Waals surface area contributed by atoms with Crippen molar-refractivity contribution in [2.45, 2.75) is 26.3 Å². The van der Waals surface area contributed by atoms with E-state index in [1.54, 1.807) is 18.3 Å². The lowest BCUT2D eigenvalue weighted by molar-refractivity contribution is -0.149. The largest absolute Gasteiger partial charge is 0.466 e. The maximum Gasteiger partial charge on any atom is 0.309 e. The van der Waals surface area contributed by atoms with Crippen molar-refractivity contribution >= 4 is 5.97 Å². The van der Waals surface area contributed by atoms with E-state index >= 15 is 0 Å². The van der Waals surface area contributed by atoms with Gasteiger partial charge in [0.1, 0.15) is 5.82 Å². The van der Waals surface area contributed by atoms with Crippen LogP contribution in [0.15, 0.2) is 42.7 Å². The van der Waals surface area contributed by atoms with Gasteiger partial charge in [-0.25, -0.2) is 4.39 Å². The lowest BCUT2D eigenvalue weighted by Gasteiger charge is -2.30. The Morgan fingerprint density at radius 2 is 2.04 bits per heavy atom. The summed E-state index contributed by atoms with van der Waals surface area (Å²) in [5, 5.41) is 0. The highest BCUT2D eigenvalue weighted by Gasteiger charge is 2.25. The molecule has 0 radical (unpaired) electrons. The SMILES string of the molecule is CCOC(=O)C1CCN(Cc2cncc(-c3ccccc3F)c2)CC1. The number of nitrogens with zero attached hydrogens (tertiary/aromatic N) is 2. The summed E-state index contributed by atoms with van der Waals surface area (Å²) in [5.41, 5.74) is 2.41. The van der Waals surface area contributed by atoms with Crippen LogP contribution in [0, 0.1) is 11.7 Å². The molecule has 0 N–H and O–H groups in total. The fourth-order valence-electron chi connectivity index (χ4n) is 3.26. The van der Waals surface area contributed by atoms with Crippen LogP contribution in [0.4, 0.5) is 4.39 Å². The third-order valence-electron chi connectivity index (χ3n) is 4.59. The summed E-state index contributed by atoms with van der Waals surface area (Å²) >= 11 is 0. The average molecular weight is 342 g/mol. The van der Waals surface area contributed by atoms with E-state index < -0.39 is 0 Å². The monoisotopic (exact) mass is 342 g/mol. The van der Waals surface area contributed by atoms with Crippen LogP contribution in [0.3, 0.4) is 0 Å². The number of hydrogen-bond acceptors (Lipinski definition) is 4. The number of carbonyl (C=O) groups is 1. The van der Waals surface area contributed by atoms with Gasteiger partial charge in [-0.3, -0.25) is 14.7 Å². The van der Waals surface area contributed by atoms with Crippen molar-refractivity contribution in [1.29, 1.82) is 0 Å². The molecule has 5 heteroatoms. The highest BCUT2D eigenvalue weighted by molar-refractivity contribution is 5.72. The Morgan fingerprint density at radius 3 is 2.76 bits per heavy atom. The lowest BCUT2D eigenvalue weighted by Crippen LogP contribution is -2.36. The number of esters is 1. The minimum atomic E-state index is -0.239. The van der Waals surface area contributed by atoms with Crippen molar-refractivity contribution in [3.8, 4) is 11.1 Å². The molecule has 1 fully saturated rings. The van der Waals surface area contributed by atoms with E-state index in [0.717, 1.165) is 43.6 Å². The molecule has 2 heterocycles. The lowest BCUT2D eigenvalue weighted by atomic mass is 9.96. The molecular weight excluding hydrogens is 319 g/mol. The number of likely N-dealkylation sites (tertiary alicyclic amines) is 1. The van der Waals surface area contributed by atoms with E-state index in [0.29, 0.717) is 12.2 Å². The van der Waals surface area contributed by atoms with Crippen LogP contribution in [-0.4, -0.2) is 35.5 Å². The van der Waals surface area contributed by atoms with Gasteiger partial charge in [0.2, 0.25) is 0 Å². The average Bonchev–Trinajstić information content (AvgIpc) is 2.63. The zero-order chi connectivity index (χ0) is 17.6. The van der Waals surface area contributed by atoms with Gasteiger partial charge < -0.3 is 4.74 Å². The molecule has 4 nitrogen and oxygen atoms in total. The molecule has 25 heavy (non-hydrogen) atoms. The molecule has 0 unspecified atom stereocenters. The summed E-state index contributed by atoms with van der Waals surface area (Å²) in [6, 6.07) is 8.72. The second-order valence-electron chi connectivity index (χ2n) is 6.36. The first-order valence-corrected chi connectivity index (χ1v) is 8.75. The van der Waals surface area contributed by atoms with Crippen LogP contribution < -0.4 is 0 Å². The number of ether oxygens (including phenoxy) is 1. The molecule has 1 aliphatic heterocycles. The quantitative estimate of drug-likeness (QED) is 0.778. The highest BCUT2D eigenvalue weighted by Crippen LogP contribution is 2.24. The van der Waals surface area contributed by atoms with E-state index in [-0.39, 0.29) is 17.7 Å². The predicted molar refractivity (Wildman–Crippen MR) is 94.3 cm³/mol. The molecule has 1 saturated heterocycles. The van der Waals surface area contributed by atoms with Gasteiger partial charge >= 0.3 is 5.97 Å². The number of hydrogen-bond donors (Lipinski definition) is 0. The maximum absolute atomic E-state index is 14.0. The van der Waals surface area contributed by atoms with Crippen LogP contribution in [0.25, 0.3) is 11.1 Å². The van der Waals surface area contributed by atoms with E-state index in [9.17, 15) is 9.18 Å². The van der Waals surface area contributed by atoms with Gasteiger partial charge in [-0.05, 0) is 50.6 Å². The fourth-order valence-corrected chi connectivity index (χ4v) is 3.26. The Kier molecular flexibility index (Phi) is 5.76. The number of pyridine rings is 1. The normalized spacial score (nSPS) is 15.9. The first kappa shape index (κ1) is 17.5. The Bertz CT molecular complexity index is 727. The summed E-state index contributed by atoms with van der Waals surface area (Å²) in [6.45, 7) is 4.74. The zero-order valence-corrected chi connectivity index (χ0v) is 14.5. The third kappa shape index (κ3) is 4.42. The van der Waals surface area contributed by atoms with Gasteiger partial charge in [-0.1, -0.05) is 18.2 Å². The number of piperidine rings is 1. The Morgan fingerprint density at radius 1 is 1.28 bits per heavy atom. The maximum atomic E-state index is 14.0. The van der Waals surface area contributed by atoms with Crippen LogP contribution in [0.1, 0.15) is 25.3 Å². The molecule has 0 aliphatic carbocycles. The zero-order valence-electron chi connectivity index (χ0n) is 14.5. The van der Waals surface area contributed by atoms with E-state index in [1.807, 2.05) is 25.3 Å². The summed E-state index contributed by atoms with van der Waals surface area (Å²) < 4.78 is 19.1. The minimum absolute atomic E-state index is 0.0130. The van der Waals surface area contributed by atoms with Crippen molar-refractivity contribution in [2.24, 2.45) is 5.92 Å². The second kappa shape index (κ2) is 8.21. The first-order chi connectivity index (χ1) is 12.2. The molecule has 2 aromatic rings. The van der Waals surface area contributed by atoms with Gasteiger partial charge in [-0.15, -0.1) is 0 Å². The van der Waals surface area contributed by atoms with Crippen LogP contribution in [-0.2, 0) is 16.1 Å². The van der Waals surface area contributed by atoms with Gasteiger partial charge in [-0.2, -0.15) is 0 Å². The molecule has 132 valence electrons. The topological polar surface area (TPSA) is 42.4 Å². The summed E-state index contributed by atoms with van der Waals surface area (Å²) in [5.74, 6) is -0.304. The third-order valence-corrected chi connectivity index (χ3v) is 4.59. The first-order valence-electron chi connectivity index (χ1n) is 8.75. The van der Waals surface area contributed by atoms with Gasteiger partial charge in [0, 0.05) is 30.1 Å². The van der Waals surface area contributed by atoms with Gasteiger partial charge in [0.25, 0.3) is 0 Å². The highest BCUT2D eigenvalue weighted by atomic mass is 19.1. The Hall–Kier alpha value is -2.27. The number of carbonyl (C=O) groups excluding carboxylic acids is 1. The van der Waals surface area contributed by atoms with Crippen molar-refractivity contribution < 1.29 is 13.9 Å².